The molecule has 244 valence electrons. The van der Waals surface area contributed by atoms with Crippen LogP contribution in [0.3, 0.4) is 0 Å². The molecule has 1 fully saturated rings. The van der Waals surface area contributed by atoms with Crippen molar-refractivity contribution in [2.45, 2.75) is 104 Å². The van der Waals surface area contributed by atoms with Crippen molar-refractivity contribution in [3.05, 3.63) is 67.6 Å². The maximum absolute atomic E-state index is 12.5. The van der Waals surface area contributed by atoms with Crippen molar-refractivity contribution < 1.29 is 29.4 Å². The molecule has 3 aliphatic heterocycles. The Morgan fingerprint density at radius 1 is 1.04 bits per heavy atom. The molecule has 0 bridgehead atoms. The number of nitrogens with one attached hydrogen (secondary N) is 4. The van der Waals surface area contributed by atoms with Gasteiger partial charge >= 0.3 is 11.9 Å². The number of aliphatic carboxylic acids is 2. The first kappa shape index (κ1) is 34.1. The van der Waals surface area contributed by atoms with Gasteiger partial charge in [-0.25, -0.2) is 0 Å². The Bertz CT molecular complexity index is 1530. The van der Waals surface area contributed by atoms with Crippen molar-refractivity contribution in [3.8, 4) is 0 Å². The zero-order valence-corrected chi connectivity index (χ0v) is 27.5. The van der Waals surface area contributed by atoms with Gasteiger partial charge in [0.15, 0.2) is 0 Å². The molecule has 0 saturated carbocycles. The number of hydrogen-bond acceptors (Lipinski definition) is 7. The fourth-order valence-corrected chi connectivity index (χ4v) is 7.32. The third-order valence-corrected chi connectivity index (χ3v) is 9.82. The Morgan fingerprint density at radius 2 is 1.73 bits per heavy atom. The molecule has 3 aliphatic rings. The second kappa shape index (κ2) is 13.7. The number of amides is 2. The van der Waals surface area contributed by atoms with Gasteiger partial charge in [-0.1, -0.05) is 13.5 Å². The highest BCUT2D eigenvalue weighted by atomic mass is 32.1. The molecule has 1 aromatic heterocycles. The van der Waals surface area contributed by atoms with Crippen LogP contribution in [0.5, 0.6) is 0 Å². The smallest absolute Gasteiger partial charge is 0.320 e. The molecule has 4 rings (SSSR count). The quantitative estimate of drug-likeness (QED) is 0.151. The highest BCUT2D eigenvalue weighted by Crippen LogP contribution is 2.37. The van der Waals surface area contributed by atoms with Crippen molar-refractivity contribution >= 4 is 36.4 Å². The number of aromatic amines is 1. The van der Waals surface area contributed by atoms with Crippen molar-refractivity contribution in [2.75, 3.05) is 0 Å². The Balaban J connectivity index is 1.67. The van der Waals surface area contributed by atoms with Crippen LogP contribution in [0.2, 0.25) is 0 Å². The lowest BCUT2D eigenvalue weighted by Gasteiger charge is -2.22. The van der Waals surface area contributed by atoms with Crippen LogP contribution in [-0.2, 0) is 38.4 Å². The summed E-state index contributed by atoms with van der Waals surface area (Å²) in [5.74, 6) is -2.46. The first-order valence-electron chi connectivity index (χ1n) is 15.4. The minimum atomic E-state index is -1.14. The summed E-state index contributed by atoms with van der Waals surface area (Å²) in [7, 11) is 0. The standard InChI is InChI=1S/C33H45N5O6S/c1-7-19-14(2)25(37-32(19)42)11-23-15(3)20(8-9-29(39)40)26(35-23)13-27-21(10-22(34)33(43)44)16(4)24(36-27)12-28-30(18(6)45)17(5)31(41)38-28/h17,22,24-25,28,35-36,45H,4,7-13,34H2,1-3,5-6H3,(H,37,42)(H,38,41)(H,39,40)(H,43,44)/b30-18-/t17?,22-,24?,25+,28-/m0/s1. The molecular formula is C33H45N5O6S. The molecule has 12 heteroatoms. The van der Waals surface area contributed by atoms with Gasteiger partial charge in [0.2, 0.25) is 11.8 Å². The Labute approximate surface area is 269 Å². The maximum atomic E-state index is 12.5. The molecule has 11 nitrogen and oxygen atoms in total. The molecule has 8 N–H and O–H groups in total. The SMILES string of the molecule is C=C1C(C[C@H](N)C(=O)O)=C(Cc2[nH]c(C[C@H]3NC(=O)C(CC)=C3C)c(C)c2CCC(=O)O)NC1C[C@@H]1NC(=O)C(C)/C1=C(\C)S. The number of carbonyl (C=O) groups excluding carboxylic acids is 2. The van der Waals surface area contributed by atoms with Gasteiger partial charge in [0.05, 0.1) is 24.0 Å². The highest BCUT2D eigenvalue weighted by molar-refractivity contribution is 7.84. The second-order valence-corrected chi connectivity index (χ2v) is 13.1. The van der Waals surface area contributed by atoms with Gasteiger partial charge in [0.25, 0.3) is 0 Å². The first-order chi connectivity index (χ1) is 21.1. The minimum absolute atomic E-state index is 0.0550. The monoisotopic (exact) mass is 639 g/mol. The summed E-state index contributed by atoms with van der Waals surface area (Å²) >= 11 is 4.54. The number of H-pyrrole nitrogens is 1. The largest absolute Gasteiger partial charge is 0.481 e. The summed E-state index contributed by atoms with van der Waals surface area (Å²) < 4.78 is 0. The molecule has 4 heterocycles. The fourth-order valence-electron chi connectivity index (χ4n) is 6.97. The molecule has 1 saturated heterocycles. The summed E-state index contributed by atoms with van der Waals surface area (Å²) in [5.41, 5.74) is 14.5. The number of rotatable bonds is 13. The summed E-state index contributed by atoms with van der Waals surface area (Å²) in [4.78, 5) is 52.7. The van der Waals surface area contributed by atoms with Crippen molar-refractivity contribution in [1.82, 2.24) is 20.9 Å². The van der Waals surface area contributed by atoms with Gasteiger partial charge < -0.3 is 36.9 Å². The van der Waals surface area contributed by atoms with E-state index in [9.17, 15) is 29.4 Å². The van der Waals surface area contributed by atoms with E-state index in [1.165, 1.54) is 0 Å². The van der Waals surface area contributed by atoms with E-state index in [1.807, 2.05) is 34.6 Å². The molecule has 45 heavy (non-hydrogen) atoms. The van der Waals surface area contributed by atoms with E-state index in [-0.39, 0.29) is 48.7 Å². The Morgan fingerprint density at radius 3 is 2.31 bits per heavy atom. The van der Waals surface area contributed by atoms with Gasteiger partial charge in [-0.2, -0.15) is 0 Å². The van der Waals surface area contributed by atoms with Crippen LogP contribution in [0.15, 0.2) is 45.0 Å². The maximum Gasteiger partial charge on any atom is 0.320 e. The van der Waals surface area contributed by atoms with Crippen molar-refractivity contribution in [3.63, 3.8) is 0 Å². The number of hydrogen-bond donors (Lipinski definition) is 8. The summed E-state index contributed by atoms with van der Waals surface area (Å²) in [6, 6.07) is -1.86. The van der Waals surface area contributed by atoms with Gasteiger partial charge in [-0.15, -0.1) is 12.6 Å². The number of aromatic nitrogens is 1. The van der Waals surface area contributed by atoms with Crippen molar-refractivity contribution in [2.24, 2.45) is 11.7 Å². The summed E-state index contributed by atoms with van der Waals surface area (Å²) in [5, 5.41) is 28.8. The molecular weight excluding hydrogens is 594 g/mol. The molecule has 2 amide bonds. The molecule has 0 aromatic carbocycles. The summed E-state index contributed by atoms with van der Waals surface area (Å²) in [6.07, 6.45) is 2.33. The van der Waals surface area contributed by atoms with E-state index in [1.54, 1.807) is 0 Å². The molecule has 1 aromatic rings. The molecule has 5 atom stereocenters. The summed E-state index contributed by atoms with van der Waals surface area (Å²) in [6.45, 7) is 13.9. The van der Waals surface area contributed by atoms with Gasteiger partial charge in [-0.3, -0.25) is 19.2 Å². The average Bonchev–Trinajstić information content (AvgIpc) is 3.60. The van der Waals surface area contributed by atoms with E-state index in [2.05, 4.69) is 40.1 Å². The van der Waals surface area contributed by atoms with Crippen LogP contribution >= 0.6 is 12.6 Å². The molecule has 0 radical (unpaired) electrons. The van der Waals surface area contributed by atoms with E-state index < -0.39 is 18.0 Å². The van der Waals surface area contributed by atoms with Crippen LogP contribution in [-0.4, -0.2) is 63.1 Å². The van der Waals surface area contributed by atoms with E-state index >= 15 is 0 Å². The topological polar surface area (TPSA) is 187 Å². The normalized spacial score (nSPS) is 25.1. The number of nitrogens with two attached hydrogens (primary N) is 1. The first-order valence-corrected chi connectivity index (χ1v) is 15.9. The second-order valence-electron chi connectivity index (χ2n) is 12.4. The van der Waals surface area contributed by atoms with Crippen molar-refractivity contribution in [1.29, 1.82) is 0 Å². The lowest BCUT2D eigenvalue weighted by atomic mass is 9.90. The predicted octanol–water partition coefficient (Wildman–Crippen LogP) is 2.96. The Kier molecular flexibility index (Phi) is 10.4. The number of carboxylic acids is 2. The van der Waals surface area contributed by atoms with Gasteiger partial charge in [0, 0.05) is 48.3 Å². The van der Waals surface area contributed by atoms with Crippen LogP contribution in [0, 0.1) is 12.8 Å². The zero-order chi connectivity index (χ0) is 33.3. The lowest BCUT2D eigenvalue weighted by molar-refractivity contribution is -0.138. The number of thiol groups is 1. The van der Waals surface area contributed by atoms with Crippen LogP contribution in [0.1, 0.15) is 75.9 Å². The van der Waals surface area contributed by atoms with E-state index in [0.29, 0.717) is 43.3 Å². The number of carbonyl (C=O) groups is 4. The molecule has 0 spiro atoms. The average molecular weight is 640 g/mol. The van der Waals surface area contributed by atoms with Crippen LogP contribution in [0.25, 0.3) is 0 Å². The lowest BCUT2D eigenvalue weighted by Crippen LogP contribution is -2.35. The molecule has 2 unspecified atom stereocenters. The minimum Gasteiger partial charge on any atom is -0.481 e. The van der Waals surface area contributed by atoms with Crippen LogP contribution < -0.4 is 21.7 Å². The van der Waals surface area contributed by atoms with E-state index in [4.69, 9.17) is 5.73 Å². The van der Waals surface area contributed by atoms with E-state index in [0.717, 1.165) is 49.8 Å². The fraction of sp³-hybridized carbons (Fsp3) is 0.515. The predicted molar refractivity (Wildman–Crippen MR) is 175 cm³/mol. The van der Waals surface area contributed by atoms with Gasteiger partial charge in [0.1, 0.15) is 6.04 Å². The Hall–Kier alpha value is -3.77. The molecule has 0 aliphatic carbocycles. The number of allylic oxidation sites excluding steroid dienone is 2. The van der Waals surface area contributed by atoms with Gasteiger partial charge in [-0.05, 0) is 85.3 Å². The third-order valence-electron chi connectivity index (χ3n) is 9.56. The third kappa shape index (κ3) is 7.06. The number of carboxylic acid groups (broad SMARTS) is 2. The zero-order valence-electron chi connectivity index (χ0n) is 26.6. The van der Waals surface area contributed by atoms with Crippen LogP contribution in [0.4, 0.5) is 0 Å². The highest BCUT2D eigenvalue weighted by Gasteiger charge is 2.39.